The number of aliphatic imine (C=N–C) groups is 1. The van der Waals surface area contributed by atoms with Gasteiger partial charge in [-0.1, -0.05) is 0 Å². The number of nitrogens with zero attached hydrogens (tertiary/aromatic N) is 2. The summed E-state index contributed by atoms with van der Waals surface area (Å²) < 4.78 is 42.4. The third-order valence-electron chi connectivity index (χ3n) is 2.48. The molecule has 0 radical (unpaired) electrons. The van der Waals surface area contributed by atoms with Crippen LogP contribution < -0.4 is 10.6 Å². The predicted octanol–water partition coefficient (Wildman–Crippen LogP) is 3.24. The van der Waals surface area contributed by atoms with Crippen molar-refractivity contribution in [3.05, 3.63) is 40.2 Å². The van der Waals surface area contributed by atoms with Gasteiger partial charge in [0.1, 0.15) is 10.8 Å². The van der Waals surface area contributed by atoms with Gasteiger partial charge in [0.25, 0.3) is 0 Å². The summed E-state index contributed by atoms with van der Waals surface area (Å²) in [4.78, 5) is 7.49. The van der Waals surface area contributed by atoms with Gasteiger partial charge in [-0.3, -0.25) is 4.99 Å². The zero-order chi connectivity index (χ0) is 15.3. The SMILES string of the molecule is CN=C(NCc1ccco1)NCc1nc(C(F)(F)F)cs1.I. The van der Waals surface area contributed by atoms with E-state index in [0.29, 0.717) is 17.5 Å². The first-order valence-corrected chi connectivity index (χ1v) is 6.85. The van der Waals surface area contributed by atoms with Gasteiger partial charge in [-0.2, -0.15) is 13.2 Å². The van der Waals surface area contributed by atoms with Crippen molar-refractivity contribution in [1.29, 1.82) is 0 Å². The highest BCUT2D eigenvalue weighted by molar-refractivity contribution is 14.0. The molecule has 2 rings (SSSR count). The van der Waals surface area contributed by atoms with Gasteiger partial charge in [-0.15, -0.1) is 35.3 Å². The molecule has 0 bridgehead atoms. The Hall–Kier alpha value is -1.30. The number of nitrogens with one attached hydrogen (secondary N) is 2. The van der Waals surface area contributed by atoms with Gasteiger partial charge in [0.05, 0.1) is 19.4 Å². The normalized spacial score (nSPS) is 11.9. The number of hydrogen-bond acceptors (Lipinski definition) is 4. The molecular formula is C12H14F3IN4OS. The average molecular weight is 446 g/mol. The maximum atomic E-state index is 12.4. The number of hydrogen-bond donors (Lipinski definition) is 2. The number of alkyl halides is 3. The number of aromatic nitrogens is 1. The molecule has 0 aliphatic rings. The molecule has 0 saturated heterocycles. The fourth-order valence-electron chi connectivity index (χ4n) is 1.49. The molecular weight excluding hydrogens is 432 g/mol. The number of furan rings is 1. The van der Waals surface area contributed by atoms with Gasteiger partial charge in [0.2, 0.25) is 0 Å². The highest BCUT2D eigenvalue weighted by Crippen LogP contribution is 2.29. The highest BCUT2D eigenvalue weighted by atomic mass is 127. The van der Waals surface area contributed by atoms with Crippen molar-refractivity contribution >= 4 is 41.3 Å². The van der Waals surface area contributed by atoms with Gasteiger partial charge in [-0.05, 0) is 12.1 Å². The molecule has 10 heteroatoms. The average Bonchev–Trinajstić information content (AvgIpc) is 3.09. The summed E-state index contributed by atoms with van der Waals surface area (Å²) in [7, 11) is 1.57. The molecule has 0 atom stereocenters. The molecule has 0 spiro atoms. The second-order valence-electron chi connectivity index (χ2n) is 3.98. The molecule has 22 heavy (non-hydrogen) atoms. The van der Waals surface area contributed by atoms with E-state index in [1.54, 1.807) is 25.4 Å². The molecule has 2 N–H and O–H groups in total. The Morgan fingerprint density at radius 1 is 1.36 bits per heavy atom. The molecule has 0 aliphatic carbocycles. The van der Waals surface area contributed by atoms with Crippen LogP contribution in [0.2, 0.25) is 0 Å². The van der Waals surface area contributed by atoms with E-state index in [1.165, 1.54) is 0 Å². The number of rotatable bonds is 4. The van der Waals surface area contributed by atoms with E-state index >= 15 is 0 Å². The molecule has 5 nitrogen and oxygen atoms in total. The monoisotopic (exact) mass is 446 g/mol. The maximum Gasteiger partial charge on any atom is 0.434 e. The van der Waals surface area contributed by atoms with Crippen molar-refractivity contribution in [2.45, 2.75) is 19.3 Å². The van der Waals surface area contributed by atoms with Crippen LogP contribution in [-0.4, -0.2) is 18.0 Å². The van der Waals surface area contributed by atoms with Crippen LogP contribution in [0.4, 0.5) is 13.2 Å². The van der Waals surface area contributed by atoms with Crippen LogP contribution in [0.5, 0.6) is 0 Å². The summed E-state index contributed by atoms with van der Waals surface area (Å²) in [5, 5.41) is 7.20. The van der Waals surface area contributed by atoms with E-state index in [0.717, 1.165) is 22.5 Å². The lowest BCUT2D eigenvalue weighted by Gasteiger charge is -2.09. The molecule has 0 amide bonds. The molecule has 0 saturated carbocycles. The van der Waals surface area contributed by atoms with Crippen LogP contribution in [0.3, 0.4) is 0 Å². The van der Waals surface area contributed by atoms with Crippen LogP contribution in [0.1, 0.15) is 16.5 Å². The lowest BCUT2D eigenvalue weighted by atomic mass is 10.4. The van der Waals surface area contributed by atoms with Crippen molar-refractivity contribution in [3.8, 4) is 0 Å². The Labute approximate surface area is 146 Å². The fourth-order valence-corrected chi connectivity index (χ4v) is 2.23. The summed E-state index contributed by atoms with van der Waals surface area (Å²) in [5.41, 5.74) is -0.872. The van der Waals surface area contributed by atoms with Gasteiger partial charge < -0.3 is 15.1 Å². The smallest absolute Gasteiger partial charge is 0.434 e. The van der Waals surface area contributed by atoms with Crippen molar-refractivity contribution < 1.29 is 17.6 Å². The zero-order valence-corrected chi connectivity index (χ0v) is 14.6. The largest absolute Gasteiger partial charge is 0.467 e. The standard InChI is InChI=1S/C12H13F3N4OS.HI/c1-16-11(17-5-8-3-2-4-20-8)18-6-10-19-9(7-21-10)12(13,14)15;/h2-4,7H,5-6H2,1H3,(H2,16,17,18);1H. The van der Waals surface area contributed by atoms with Crippen molar-refractivity contribution in [2.75, 3.05) is 7.05 Å². The number of halogens is 4. The van der Waals surface area contributed by atoms with Crippen molar-refractivity contribution in [3.63, 3.8) is 0 Å². The molecule has 0 fully saturated rings. The minimum atomic E-state index is -4.41. The summed E-state index contributed by atoms with van der Waals surface area (Å²) in [6, 6.07) is 3.57. The Morgan fingerprint density at radius 3 is 2.64 bits per heavy atom. The predicted molar refractivity (Wildman–Crippen MR) is 88.3 cm³/mol. The molecule has 2 aromatic rings. The van der Waals surface area contributed by atoms with E-state index < -0.39 is 11.9 Å². The van der Waals surface area contributed by atoms with Crippen LogP contribution in [0.25, 0.3) is 0 Å². The van der Waals surface area contributed by atoms with E-state index in [-0.39, 0.29) is 30.5 Å². The summed E-state index contributed by atoms with van der Waals surface area (Å²) in [5.74, 6) is 1.18. The molecule has 0 unspecified atom stereocenters. The Kier molecular flexibility index (Phi) is 7.13. The fraction of sp³-hybridized carbons (Fsp3) is 0.333. The summed E-state index contributed by atoms with van der Waals surface area (Å²) >= 11 is 0.950. The molecule has 0 aliphatic heterocycles. The lowest BCUT2D eigenvalue weighted by molar-refractivity contribution is -0.140. The molecule has 122 valence electrons. The summed E-state index contributed by atoms with van der Waals surface area (Å²) in [6.45, 7) is 0.594. The van der Waals surface area contributed by atoms with Gasteiger partial charge in [0.15, 0.2) is 11.7 Å². The van der Waals surface area contributed by atoms with Crippen molar-refractivity contribution in [2.24, 2.45) is 4.99 Å². The van der Waals surface area contributed by atoms with Crippen LogP contribution in [0, 0.1) is 0 Å². The molecule has 2 aromatic heterocycles. The third kappa shape index (κ3) is 5.48. The van der Waals surface area contributed by atoms with E-state index in [1.807, 2.05) is 0 Å². The van der Waals surface area contributed by atoms with E-state index in [9.17, 15) is 13.2 Å². The molecule has 0 aromatic carbocycles. The minimum absolute atomic E-state index is 0. The van der Waals surface area contributed by atoms with Gasteiger partial charge in [-0.25, -0.2) is 4.98 Å². The first-order chi connectivity index (χ1) is 9.99. The molecule has 2 heterocycles. The second-order valence-corrected chi connectivity index (χ2v) is 4.93. The lowest BCUT2D eigenvalue weighted by Crippen LogP contribution is -2.36. The van der Waals surface area contributed by atoms with Crippen LogP contribution in [-0.2, 0) is 19.3 Å². The first kappa shape index (κ1) is 18.7. The second kappa shape index (κ2) is 8.36. The maximum absolute atomic E-state index is 12.4. The first-order valence-electron chi connectivity index (χ1n) is 5.97. The Balaban J connectivity index is 0.00000242. The topological polar surface area (TPSA) is 62.5 Å². The third-order valence-corrected chi connectivity index (χ3v) is 3.33. The Morgan fingerprint density at radius 2 is 2.09 bits per heavy atom. The minimum Gasteiger partial charge on any atom is -0.467 e. The number of guanidine groups is 1. The zero-order valence-electron chi connectivity index (χ0n) is 11.5. The van der Waals surface area contributed by atoms with E-state index in [4.69, 9.17) is 4.42 Å². The quantitative estimate of drug-likeness (QED) is 0.430. The van der Waals surface area contributed by atoms with Crippen LogP contribution in [0.15, 0.2) is 33.2 Å². The van der Waals surface area contributed by atoms with Gasteiger partial charge in [0, 0.05) is 12.4 Å². The number of thiazole rings is 1. The van der Waals surface area contributed by atoms with Crippen LogP contribution >= 0.6 is 35.3 Å². The Bertz CT molecular complexity index is 598. The highest BCUT2D eigenvalue weighted by Gasteiger charge is 2.33. The van der Waals surface area contributed by atoms with Gasteiger partial charge >= 0.3 is 6.18 Å². The van der Waals surface area contributed by atoms with E-state index in [2.05, 4.69) is 20.6 Å². The summed E-state index contributed by atoms with van der Waals surface area (Å²) in [6.07, 6.45) is -2.85. The van der Waals surface area contributed by atoms with Crippen molar-refractivity contribution in [1.82, 2.24) is 15.6 Å².